The van der Waals surface area contributed by atoms with E-state index in [0.717, 1.165) is 44.7 Å². The van der Waals surface area contributed by atoms with Gasteiger partial charge in [-0.3, -0.25) is 24.4 Å². The minimum absolute atomic E-state index is 0.0163. The number of hydrazine groups is 1. The van der Waals surface area contributed by atoms with Crippen LogP contribution in [-0.4, -0.2) is 125 Å². The highest BCUT2D eigenvalue weighted by Crippen LogP contribution is 2.42. The monoisotopic (exact) mass is 884 g/mol. The number of thiazole rings is 1. The number of aromatic nitrogens is 3. The van der Waals surface area contributed by atoms with Crippen molar-refractivity contribution in [3.63, 3.8) is 0 Å². The first-order valence-corrected chi connectivity index (χ1v) is 23.1. The molecule has 7 rings (SSSR count). The molecule has 340 valence electrons. The largest absolute Gasteiger partial charge is 0.464 e. The van der Waals surface area contributed by atoms with Crippen LogP contribution in [-0.2, 0) is 48.0 Å². The number of likely N-dealkylation sites (N-methyl/N-ethyl adjacent to an activating group) is 1. The van der Waals surface area contributed by atoms with E-state index in [2.05, 4.69) is 60.3 Å². The van der Waals surface area contributed by atoms with Crippen LogP contribution in [0, 0.1) is 17.3 Å². The quantitative estimate of drug-likeness (QED) is 0.175. The third kappa shape index (κ3) is 9.50. The Balaban J connectivity index is 1.27. The molecule has 3 aliphatic rings. The molecule has 0 aliphatic carbocycles. The van der Waals surface area contributed by atoms with E-state index >= 15 is 0 Å². The predicted molar refractivity (Wildman–Crippen MR) is 243 cm³/mol. The molecule has 2 fully saturated rings. The maximum absolute atomic E-state index is 14.6. The van der Waals surface area contributed by atoms with Crippen molar-refractivity contribution >= 4 is 46.1 Å². The van der Waals surface area contributed by atoms with Crippen molar-refractivity contribution < 1.29 is 33.4 Å². The summed E-state index contributed by atoms with van der Waals surface area (Å²) in [7, 11) is 4.99. The maximum atomic E-state index is 14.6. The number of carbonyl (C=O) groups excluding carboxylic acids is 4. The van der Waals surface area contributed by atoms with E-state index < -0.39 is 41.3 Å². The number of pyridine rings is 1. The number of nitrogens with one attached hydrogen (secondary N) is 2. The fourth-order valence-corrected chi connectivity index (χ4v) is 10.1. The van der Waals surface area contributed by atoms with Crippen LogP contribution in [0.15, 0.2) is 41.9 Å². The molecule has 4 amide bonds. The van der Waals surface area contributed by atoms with Gasteiger partial charge in [0.15, 0.2) is 0 Å². The first-order valence-electron chi connectivity index (χ1n) is 22.2. The number of esters is 1. The van der Waals surface area contributed by atoms with Crippen molar-refractivity contribution in [1.82, 2.24) is 40.1 Å². The second kappa shape index (κ2) is 19.1. The van der Waals surface area contributed by atoms with E-state index in [0.29, 0.717) is 50.4 Å². The smallest absolute Gasteiger partial charge is 0.324 e. The number of nitrogens with zero attached hydrogens (tertiary/aromatic N) is 6. The summed E-state index contributed by atoms with van der Waals surface area (Å²) >= 11 is 1.42. The molecule has 4 aromatic rings. The summed E-state index contributed by atoms with van der Waals surface area (Å²) in [6.07, 6.45) is 3.30. The molecule has 0 radical (unpaired) electrons. The molecular weight excluding hydrogens is 821 g/mol. The molecule has 0 spiro atoms. The number of amides is 4. The van der Waals surface area contributed by atoms with Gasteiger partial charge in [0, 0.05) is 98.8 Å². The van der Waals surface area contributed by atoms with Gasteiger partial charge in [0.2, 0.25) is 5.91 Å². The zero-order chi connectivity index (χ0) is 45.3. The third-order valence-corrected chi connectivity index (χ3v) is 13.9. The number of methoxy groups -OCH3 is 2. The summed E-state index contributed by atoms with van der Waals surface area (Å²) in [5, 5.41) is 8.18. The van der Waals surface area contributed by atoms with Gasteiger partial charge in [-0.05, 0) is 75.8 Å². The average Bonchev–Trinajstić information content (AvgIpc) is 3.85. The normalized spacial score (nSPS) is 21.1. The van der Waals surface area contributed by atoms with Crippen molar-refractivity contribution in [1.29, 1.82) is 0 Å². The molecule has 0 saturated carbocycles. The number of fused-ring (bicyclic) bond motifs is 6. The van der Waals surface area contributed by atoms with Gasteiger partial charge in [-0.15, -0.1) is 11.3 Å². The lowest BCUT2D eigenvalue weighted by Crippen LogP contribution is -2.63. The van der Waals surface area contributed by atoms with Crippen molar-refractivity contribution in [2.75, 3.05) is 47.5 Å². The zero-order valence-corrected chi connectivity index (χ0v) is 39.2. The van der Waals surface area contributed by atoms with Crippen molar-refractivity contribution in [3.8, 4) is 22.5 Å². The summed E-state index contributed by atoms with van der Waals surface area (Å²) in [5.41, 5.74) is 9.37. The van der Waals surface area contributed by atoms with Crippen LogP contribution < -0.4 is 10.7 Å². The van der Waals surface area contributed by atoms with Gasteiger partial charge in [0.05, 0.1) is 40.9 Å². The number of benzene rings is 1. The summed E-state index contributed by atoms with van der Waals surface area (Å²) in [6, 6.07) is 7.53. The summed E-state index contributed by atoms with van der Waals surface area (Å²) in [4.78, 5) is 69.5. The number of rotatable bonds is 10. The minimum atomic E-state index is -1.05. The molecule has 6 heterocycles. The van der Waals surface area contributed by atoms with Crippen molar-refractivity contribution in [3.05, 3.63) is 58.2 Å². The minimum Gasteiger partial charge on any atom is -0.464 e. The molecule has 16 heteroatoms. The standard InChI is InChI=1S/C47H64N8O7S/c1-11-54-38-17-16-30-20-33(38)34(42(54)32-14-12-18-48-40(32)29(5)61-10)22-47(6,7)26-62-45(58)35-15-13-19-55(51-35)44(57)36(21-39-49-37(30)25-63-39)50-43(56)41(27(2)3)52(8)46(59)53-23-31(24-53)28(4)60-9/h12,14,16-18,20,25,27-29,31,35-36,41,51H,11,13,15,19,21-24,26H2,1-10H3,(H,50,56)/t28-,29+,35+,36+,41?/m1/s1. The highest BCUT2D eigenvalue weighted by molar-refractivity contribution is 7.10. The fourth-order valence-electron chi connectivity index (χ4n) is 9.25. The first-order chi connectivity index (χ1) is 30.0. The molecular formula is C47H64N8O7S. The molecule has 2 N–H and O–H groups in total. The van der Waals surface area contributed by atoms with Crippen molar-refractivity contribution in [2.45, 2.75) is 111 Å². The zero-order valence-electron chi connectivity index (χ0n) is 38.4. The molecule has 3 aromatic heterocycles. The van der Waals surface area contributed by atoms with E-state index in [-0.39, 0.29) is 43.1 Å². The lowest BCUT2D eigenvalue weighted by atomic mass is 9.84. The topological polar surface area (TPSA) is 160 Å². The molecule has 1 unspecified atom stereocenters. The number of urea groups is 1. The Hall–Kier alpha value is -4.90. The van der Waals surface area contributed by atoms with Gasteiger partial charge in [-0.1, -0.05) is 33.8 Å². The van der Waals surface area contributed by atoms with Gasteiger partial charge in [0.25, 0.3) is 5.91 Å². The average molecular weight is 885 g/mol. The Bertz CT molecular complexity index is 2320. The lowest BCUT2D eigenvalue weighted by Gasteiger charge is -2.45. The van der Waals surface area contributed by atoms with Crippen LogP contribution in [0.3, 0.4) is 0 Å². The summed E-state index contributed by atoms with van der Waals surface area (Å²) in [6.45, 7) is 16.4. The van der Waals surface area contributed by atoms with Gasteiger partial charge < -0.3 is 33.9 Å². The van der Waals surface area contributed by atoms with Crippen LogP contribution in [0.1, 0.15) is 83.7 Å². The molecule has 2 saturated heterocycles. The number of ether oxygens (including phenoxy) is 3. The number of carbonyl (C=O) groups is 4. The van der Waals surface area contributed by atoms with Gasteiger partial charge in [-0.25, -0.2) is 15.2 Å². The van der Waals surface area contributed by atoms with Gasteiger partial charge in [0.1, 0.15) is 18.1 Å². The first kappa shape index (κ1) is 46.1. The molecule has 1 aromatic carbocycles. The van der Waals surface area contributed by atoms with Crippen LogP contribution in [0.25, 0.3) is 33.4 Å². The maximum Gasteiger partial charge on any atom is 0.324 e. The van der Waals surface area contributed by atoms with Crippen LogP contribution in [0.2, 0.25) is 0 Å². The highest BCUT2D eigenvalue weighted by atomic mass is 32.1. The highest BCUT2D eigenvalue weighted by Gasteiger charge is 2.41. The second-order valence-corrected chi connectivity index (χ2v) is 19.4. The Kier molecular flexibility index (Phi) is 13.9. The fraction of sp³-hybridized carbons (Fsp3) is 0.574. The molecule has 3 aliphatic heterocycles. The number of hydrogen-bond donors (Lipinski definition) is 2. The number of cyclic esters (lactones) is 1. The van der Waals surface area contributed by atoms with Crippen LogP contribution in [0.4, 0.5) is 4.79 Å². The Morgan fingerprint density at radius 1 is 1.11 bits per heavy atom. The number of likely N-dealkylation sites (tertiary alicyclic amines) is 1. The SMILES string of the molecule is CCn1c(-c2cccnc2[C@H](C)OC)c2c3cc(ccc31)-c1csc(n1)C[C@H](NC(=O)C(C(C)C)N(C)C(=O)N1CC([C@@H](C)OC)C1)C(=O)N1CCC[C@H](N1)C(=O)OCC(C)(C)C2. The second-order valence-electron chi connectivity index (χ2n) is 18.5. The number of hydrogen-bond acceptors (Lipinski definition) is 11. The van der Waals surface area contributed by atoms with E-state index in [1.54, 1.807) is 32.4 Å². The van der Waals surface area contributed by atoms with Gasteiger partial charge >= 0.3 is 12.0 Å². The van der Waals surface area contributed by atoms with Gasteiger partial charge in [-0.2, -0.15) is 0 Å². The molecule has 6 bridgehead atoms. The third-order valence-electron chi connectivity index (χ3n) is 13.0. The van der Waals surface area contributed by atoms with Crippen LogP contribution >= 0.6 is 11.3 Å². The Labute approximate surface area is 374 Å². The van der Waals surface area contributed by atoms with E-state index in [1.165, 1.54) is 21.2 Å². The van der Waals surface area contributed by atoms with Crippen LogP contribution in [0.5, 0.6) is 0 Å². The molecule has 15 nitrogen and oxygen atoms in total. The summed E-state index contributed by atoms with van der Waals surface area (Å²) in [5.74, 6) is -1.32. The number of aryl methyl sites for hydroxylation is 1. The van der Waals surface area contributed by atoms with Crippen molar-refractivity contribution in [2.24, 2.45) is 17.3 Å². The lowest BCUT2D eigenvalue weighted by molar-refractivity contribution is -0.155. The Morgan fingerprint density at radius 2 is 1.87 bits per heavy atom. The molecule has 5 atom stereocenters. The molecule has 63 heavy (non-hydrogen) atoms. The predicted octanol–water partition coefficient (Wildman–Crippen LogP) is 6.25. The van der Waals surface area contributed by atoms with E-state index in [1.807, 2.05) is 39.1 Å². The summed E-state index contributed by atoms with van der Waals surface area (Å²) < 4.78 is 19.7. The van der Waals surface area contributed by atoms with E-state index in [9.17, 15) is 19.2 Å². The Morgan fingerprint density at radius 3 is 2.57 bits per heavy atom. The van der Waals surface area contributed by atoms with E-state index in [4.69, 9.17) is 24.2 Å².